The van der Waals surface area contributed by atoms with Crippen LogP contribution in [0.1, 0.15) is 47.1 Å². The van der Waals surface area contributed by atoms with Crippen LogP contribution in [-0.2, 0) is 9.84 Å². The van der Waals surface area contributed by atoms with E-state index in [1.54, 1.807) is 6.07 Å². The molecule has 1 atom stereocenters. The fourth-order valence-electron chi connectivity index (χ4n) is 3.65. The first-order valence-electron chi connectivity index (χ1n) is 8.37. The second kappa shape index (κ2) is 5.96. The van der Waals surface area contributed by atoms with Crippen molar-refractivity contribution in [3.63, 3.8) is 0 Å². The minimum absolute atomic E-state index is 0.0127. The van der Waals surface area contributed by atoms with E-state index in [0.717, 1.165) is 23.8 Å². The third-order valence-electron chi connectivity index (χ3n) is 5.24. The van der Waals surface area contributed by atoms with Crippen molar-refractivity contribution in [3.8, 4) is 0 Å². The Morgan fingerprint density at radius 2 is 2.00 bits per heavy atom. The fourth-order valence-corrected chi connectivity index (χ4v) is 5.25. The molecule has 0 radical (unpaired) electrons. The van der Waals surface area contributed by atoms with Gasteiger partial charge < -0.3 is 5.73 Å². The van der Waals surface area contributed by atoms with E-state index in [-0.39, 0.29) is 16.3 Å². The van der Waals surface area contributed by atoms with Crippen LogP contribution in [0.15, 0.2) is 34.5 Å². The van der Waals surface area contributed by atoms with Gasteiger partial charge in [0.15, 0.2) is 9.84 Å². The molecule has 1 fully saturated rings. The van der Waals surface area contributed by atoms with Crippen LogP contribution in [0.3, 0.4) is 0 Å². The highest BCUT2D eigenvalue weighted by molar-refractivity contribution is 7.94. The fraction of sp³-hybridized carbons (Fsp3) is 0.333. The maximum absolute atomic E-state index is 13.0. The molecule has 1 aliphatic carbocycles. The first-order chi connectivity index (χ1) is 12.3. The summed E-state index contributed by atoms with van der Waals surface area (Å²) < 4.78 is 25.1. The maximum Gasteiger partial charge on any atom is 0.266 e. The highest BCUT2D eigenvalue weighted by atomic mass is 35.5. The predicted molar refractivity (Wildman–Crippen MR) is 100 cm³/mol. The standard InChI is InChI=1S/C18H17ClN2O4S/c19-16-13-5-4-11(10-2-1-3-10)8-14(13)21(18(23)15(16)17(20)22)12-6-7-26(24,25)9-12/h4-8,10,12H,1-3,9H2,(H2,20,22)/t12-/m1/s1. The minimum atomic E-state index is -3.38. The molecule has 136 valence electrons. The molecule has 0 unspecified atom stereocenters. The number of nitrogens with zero attached hydrogens (tertiary/aromatic N) is 1. The van der Waals surface area contributed by atoms with Crippen LogP contribution in [0, 0.1) is 0 Å². The van der Waals surface area contributed by atoms with Gasteiger partial charge in [-0.15, -0.1) is 0 Å². The van der Waals surface area contributed by atoms with Crippen LogP contribution in [0.4, 0.5) is 0 Å². The van der Waals surface area contributed by atoms with Gasteiger partial charge in [0.2, 0.25) is 0 Å². The number of carbonyl (C=O) groups excluding carboxylic acids is 1. The predicted octanol–water partition coefficient (Wildman–Crippen LogP) is 2.50. The molecule has 2 heterocycles. The van der Waals surface area contributed by atoms with Crippen molar-refractivity contribution in [1.29, 1.82) is 0 Å². The van der Waals surface area contributed by atoms with Crippen molar-refractivity contribution in [3.05, 3.63) is 56.2 Å². The molecule has 2 aliphatic rings. The number of halogens is 1. The Labute approximate surface area is 155 Å². The summed E-state index contributed by atoms with van der Waals surface area (Å²) in [5, 5.41) is 1.63. The van der Waals surface area contributed by atoms with Gasteiger partial charge in [-0.05, 0) is 36.5 Å². The van der Waals surface area contributed by atoms with Gasteiger partial charge in [-0.1, -0.05) is 30.2 Å². The third kappa shape index (κ3) is 2.66. The van der Waals surface area contributed by atoms with Crippen LogP contribution in [0.25, 0.3) is 10.9 Å². The smallest absolute Gasteiger partial charge is 0.266 e. The quantitative estimate of drug-likeness (QED) is 0.867. The number of hydrogen-bond donors (Lipinski definition) is 1. The lowest BCUT2D eigenvalue weighted by Gasteiger charge is -2.27. The second-order valence-electron chi connectivity index (χ2n) is 6.86. The molecule has 0 spiro atoms. The summed E-state index contributed by atoms with van der Waals surface area (Å²) >= 11 is 6.31. The molecule has 8 heteroatoms. The van der Waals surface area contributed by atoms with Crippen molar-refractivity contribution in [2.24, 2.45) is 5.73 Å². The third-order valence-corrected chi connectivity index (χ3v) is 7.01. The second-order valence-corrected chi connectivity index (χ2v) is 9.17. The van der Waals surface area contributed by atoms with E-state index in [4.69, 9.17) is 17.3 Å². The van der Waals surface area contributed by atoms with Gasteiger partial charge in [-0.3, -0.25) is 14.2 Å². The van der Waals surface area contributed by atoms with Gasteiger partial charge in [0.25, 0.3) is 11.5 Å². The molecule has 0 saturated heterocycles. The number of hydrogen-bond acceptors (Lipinski definition) is 4. The first kappa shape index (κ1) is 17.3. The van der Waals surface area contributed by atoms with Gasteiger partial charge >= 0.3 is 0 Å². The van der Waals surface area contributed by atoms with E-state index in [1.165, 1.54) is 17.1 Å². The van der Waals surface area contributed by atoms with Crippen LogP contribution in [0.2, 0.25) is 5.02 Å². The van der Waals surface area contributed by atoms with Crippen LogP contribution in [-0.4, -0.2) is 24.6 Å². The molecule has 26 heavy (non-hydrogen) atoms. The van der Waals surface area contributed by atoms with Crippen molar-refractivity contribution in [1.82, 2.24) is 4.57 Å². The average molecular weight is 393 g/mol. The number of rotatable bonds is 3. The van der Waals surface area contributed by atoms with Crippen molar-refractivity contribution < 1.29 is 13.2 Å². The monoisotopic (exact) mass is 392 g/mol. The molecule has 6 nitrogen and oxygen atoms in total. The molecule has 1 saturated carbocycles. The number of amides is 1. The number of benzene rings is 1. The summed E-state index contributed by atoms with van der Waals surface area (Å²) in [5.41, 5.74) is 6.01. The summed E-state index contributed by atoms with van der Waals surface area (Å²) in [4.78, 5) is 24.8. The van der Waals surface area contributed by atoms with Crippen molar-refractivity contribution in [2.45, 2.75) is 31.2 Å². The van der Waals surface area contributed by atoms with E-state index < -0.39 is 27.3 Å². The number of pyridine rings is 1. The molecule has 0 bridgehead atoms. The van der Waals surface area contributed by atoms with Crippen molar-refractivity contribution >= 4 is 38.2 Å². The number of allylic oxidation sites excluding steroid dienone is 1. The Morgan fingerprint density at radius 1 is 1.27 bits per heavy atom. The Kier molecular flexibility index (Phi) is 3.96. The average Bonchev–Trinajstić information content (AvgIpc) is 2.85. The number of fused-ring (bicyclic) bond motifs is 1. The largest absolute Gasteiger partial charge is 0.365 e. The zero-order valence-electron chi connectivity index (χ0n) is 13.8. The molecule has 1 aromatic carbocycles. The lowest BCUT2D eigenvalue weighted by Crippen LogP contribution is -2.33. The molecule has 1 aromatic heterocycles. The number of sulfone groups is 1. The highest BCUT2D eigenvalue weighted by Gasteiger charge is 2.29. The molecule has 1 amide bonds. The summed E-state index contributed by atoms with van der Waals surface area (Å²) in [6.45, 7) is 0. The molecular formula is C18H17ClN2O4S. The van der Waals surface area contributed by atoms with E-state index >= 15 is 0 Å². The Balaban J connectivity index is 2.04. The number of primary amides is 1. The normalized spacial score (nSPS) is 21.8. The highest BCUT2D eigenvalue weighted by Crippen LogP contribution is 2.38. The lowest BCUT2D eigenvalue weighted by molar-refractivity contribution is 0.0998. The van der Waals surface area contributed by atoms with Gasteiger partial charge in [0, 0.05) is 10.8 Å². The van der Waals surface area contributed by atoms with E-state index in [0.29, 0.717) is 16.8 Å². The van der Waals surface area contributed by atoms with Crippen LogP contribution < -0.4 is 11.3 Å². The number of aromatic nitrogens is 1. The SMILES string of the molecule is NC(=O)c1c(Cl)c2ccc(C3CCC3)cc2n([C@@H]2C=CS(=O)(=O)C2)c1=O. The van der Waals surface area contributed by atoms with Gasteiger partial charge in [-0.25, -0.2) is 8.42 Å². The van der Waals surface area contributed by atoms with Gasteiger partial charge in [0.05, 0.1) is 22.3 Å². The van der Waals surface area contributed by atoms with E-state index in [9.17, 15) is 18.0 Å². The number of nitrogens with two attached hydrogens (primary N) is 1. The number of carbonyl (C=O) groups is 1. The summed E-state index contributed by atoms with van der Waals surface area (Å²) in [6.07, 6.45) is 4.80. The van der Waals surface area contributed by atoms with Crippen LogP contribution in [0.5, 0.6) is 0 Å². The van der Waals surface area contributed by atoms with E-state index in [1.807, 2.05) is 12.1 Å². The summed E-state index contributed by atoms with van der Waals surface area (Å²) in [7, 11) is -3.38. The topological polar surface area (TPSA) is 99.2 Å². The maximum atomic E-state index is 13.0. The zero-order chi connectivity index (χ0) is 18.6. The lowest BCUT2D eigenvalue weighted by atomic mass is 9.80. The zero-order valence-corrected chi connectivity index (χ0v) is 15.4. The van der Waals surface area contributed by atoms with Gasteiger partial charge in [-0.2, -0.15) is 0 Å². The Hall–Kier alpha value is -2.12. The Morgan fingerprint density at radius 3 is 2.54 bits per heavy atom. The van der Waals surface area contributed by atoms with Crippen molar-refractivity contribution in [2.75, 3.05) is 5.75 Å². The first-order valence-corrected chi connectivity index (χ1v) is 10.5. The molecule has 2 N–H and O–H groups in total. The molecule has 4 rings (SSSR count). The minimum Gasteiger partial charge on any atom is -0.365 e. The van der Waals surface area contributed by atoms with E-state index in [2.05, 4.69) is 0 Å². The molecule has 2 aromatic rings. The Bertz CT molecular complexity index is 1130. The van der Waals surface area contributed by atoms with Gasteiger partial charge in [0.1, 0.15) is 5.56 Å². The summed E-state index contributed by atoms with van der Waals surface area (Å²) in [5.74, 6) is -0.723. The summed E-state index contributed by atoms with van der Waals surface area (Å²) in [6, 6.07) is 4.91. The molecule has 1 aliphatic heterocycles. The molecular weight excluding hydrogens is 376 g/mol. The van der Waals surface area contributed by atoms with Crippen LogP contribution >= 0.6 is 11.6 Å².